The molecule has 0 radical (unpaired) electrons. The number of hydrogen-bond donors (Lipinski definition) is 2. The summed E-state index contributed by atoms with van der Waals surface area (Å²) in [6, 6.07) is 20.0. The number of alkyl halides is 3. The van der Waals surface area contributed by atoms with Crippen molar-refractivity contribution in [2.75, 3.05) is 12.4 Å². The molecule has 0 unspecified atom stereocenters. The lowest BCUT2D eigenvalue weighted by Gasteiger charge is -2.31. The highest BCUT2D eigenvalue weighted by Gasteiger charge is 2.30. The quantitative estimate of drug-likeness (QED) is 0.209. The largest absolute Gasteiger partial charge is 0.416 e. The van der Waals surface area contributed by atoms with E-state index >= 15 is 0 Å². The summed E-state index contributed by atoms with van der Waals surface area (Å²) in [5.41, 5.74) is 2.16. The third-order valence-corrected chi connectivity index (χ3v) is 8.19. The molecule has 3 amide bonds. The summed E-state index contributed by atoms with van der Waals surface area (Å²) < 4.78 is 46.0. The molecule has 4 aromatic rings. The topological polar surface area (TPSA) is 92.7 Å². The third kappa shape index (κ3) is 7.77. The van der Waals surface area contributed by atoms with Gasteiger partial charge in [0.05, 0.1) is 11.3 Å². The first-order valence-corrected chi connectivity index (χ1v) is 15.1. The van der Waals surface area contributed by atoms with Crippen molar-refractivity contribution in [3.8, 4) is 17.0 Å². The van der Waals surface area contributed by atoms with Gasteiger partial charge in [0.15, 0.2) is 0 Å². The summed E-state index contributed by atoms with van der Waals surface area (Å²) in [6.07, 6.45) is 1.97. The van der Waals surface area contributed by atoms with Gasteiger partial charge in [-0.2, -0.15) is 13.2 Å². The number of benzene rings is 3. The summed E-state index contributed by atoms with van der Waals surface area (Å²) in [7, 11) is 3.50. The molecule has 0 aliphatic heterocycles. The number of amides is 3. The highest BCUT2D eigenvalue weighted by atomic mass is 19.4. The molecule has 2 N–H and O–H groups in total. The number of aryl methyl sites for hydroxylation is 1. The van der Waals surface area contributed by atoms with E-state index in [9.17, 15) is 27.6 Å². The molecule has 11 heteroatoms. The Morgan fingerprint density at radius 1 is 0.935 bits per heavy atom. The van der Waals surface area contributed by atoms with E-state index in [4.69, 9.17) is 4.74 Å². The van der Waals surface area contributed by atoms with E-state index in [1.807, 2.05) is 11.9 Å². The number of nitrogens with one attached hydrogen (secondary N) is 2. The molecule has 1 aliphatic carbocycles. The number of carbonyl (C=O) groups is 3. The lowest BCUT2D eigenvalue weighted by Crippen LogP contribution is -2.38. The molecule has 1 aliphatic rings. The van der Waals surface area contributed by atoms with E-state index in [-0.39, 0.29) is 29.9 Å². The fourth-order valence-electron chi connectivity index (χ4n) is 5.59. The molecule has 8 nitrogen and oxygen atoms in total. The standard InChI is InChI=1S/C35H35F3N4O4/c1-41-22-27(40-32(43)30-11-7-6-10-29(30)24-16-18-26(19-17-24)35(36,37)38)20-31(41)46-34(45)39-21-23-12-14-25(15-13-23)33(44)42(2)28-8-4-3-5-9-28/h6-7,10-20,22,28H,3-5,8-9,21H2,1-2H3,(H,39,45)(H,40,43). The molecule has 0 bridgehead atoms. The molecule has 46 heavy (non-hydrogen) atoms. The molecule has 5 rings (SSSR count). The minimum absolute atomic E-state index is 0.0134. The molecule has 0 saturated heterocycles. The lowest BCUT2D eigenvalue weighted by atomic mass is 9.94. The van der Waals surface area contributed by atoms with Gasteiger partial charge in [-0.3, -0.25) is 9.59 Å². The Balaban J connectivity index is 1.16. The van der Waals surface area contributed by atoms with Gasteiger partial charge in [0.1, 0.15) is 0 Å². The second-order valence-electron chi connectivity index (χ2n) is 11.4. The fraction of sp³-hybridized carbons (Fsp3) is 0.286. The van der Waals surface area contributed by atoms with Crippen LogP contribution in [0.15, 0.2) is 85.1 Å². The van der Waals surface area contributed by atoms with Crippen molar-refractivity contribution in [3.63, 3.8) is 0 Å². The average Bonchev–Trinajstić information content (AvgIpc) is 3.40. The van der Waals surface area contributed by atoms with Crippen LogP contribution in [0.1, 0.15) is 63.9 Å². The van der Waals surface area contributed by atoms with E-state index in [0.717, 1.165) is 43.4 Å². The molecule has 240 valence electrons. The van der Waals surface area contributed by atoms with E-state index in [1.165, 1.54) is 29.2 Å². The summed E-state index contributed by atoms with van der Waals surface area (Å²) >= 11 is 0. The van der Waals surface area contributed by atoms with Gasteiger partial charge in [-0.05, 0) is 59.9 Å². The number of rotatable bonds is 8. The van der Waals surface area contributed by atoms with E-state index in [2.05, 4.69) is 10.6 Å². The minimum atomic E-state index is -4.46. The second-order valence-corrected chi connectivity index (χ2v) is 11.4. The molecule has 1 aromatic heterocycles. The van der Waals surface area contributed by atoms with E-state index < -0.39 is 23.7 Å². The summed E-state index contributed by atoms with van der Waals surface area (Å²) in [5, 5.41) is 5.44. The van der Waals surface area contributed by atoms with Gasteiger partial charge in [0, 0.05) is 50.1 Å². The first kappa shape index (κ1) is 32.3. The van der Waals surface area contributed by atoms with Gasteiger partial charge in [0.2, 0.25) is 5.88 Å². The number of carbonyl (C=O) groups excluding carboxylic acids is 3. The normalized spacial score (nSPS) is 13.6. The van der Waals surface area contributed by atoms with Crippen molar-refractivity contribution in [3.05, 3.63) is 107 Å². The Hall–Kier alpha value is -5.06. The summed E-state index contributed by atoms with van der Waals surface area (Å²) in [6.45, 7) is 0.181. The van der Waals surface area contributed by atoms with Gasteiger partial charge >= 0.3 is 12.3 Å². The van der Waals surface area contributed by atoms with Crippen molar-refractivity contribution < 1.29 is 32.3 Å². The van der Waals surface area contributed by atoms with Crippen molar-refractivity contribution >= 4 is 23.6 Å². The van der Waals surface area contributed by atoms with Gasteiger partial charge in [-0.1, -0.05) is 61.7 Å². The van der Waals surface area contributed by atoms with Crippen LogP contribution in [0.2, 0.25) is 0 Å². The predicted molar refractivity (Wildman–Crippen MR) is 169 cm³/mol. The number of aromatic nitrogens is 1. The SMILES string of the molecule is CN(C(=O)c1ccc(CNC(=O)Oc2cc(NC(=O)c3ccccc3-c3ccc(C(F)(F)F)cc3)cn2C)cc1)C1CCCCC1. The summed E-state index contributed by atoms with van der Waals surface area (Å²) in [5.74, 6) is -0.319. The number of anilines is 1. The Morgan fingerprint density at radius 2 is 1.61 bits per heavy atom. The Labute approximate surface area is 265 Å². The van der Waals surface area contributed by atoms with E-state index in [1.54, 1.807) is 61.8 Å². The molecule has 1 saturated carbocycles. The Kier molecular flexibility index (Phi) is 9.79. The summed E-state index contributed by atoms with van der Waals surface area (Å²) in [4.78, 5) is 40.5. The molecule has 1 heterocycles. The molecule has 0 spiro atoms. The Morgan fingerprint density at radius 3 is 2.28 bits per heavy atom. The minimum Gasteiger partial charge on any atom is -0.393 e. The lowest BCUT2D eigenvalue weighted by molar-refractivity contribution is -0.137. The first-order chi connectivity index (χ1) is 22.0. The van der Waals surface area contributed by atoms with Crippen LogP contribution >= 0.6 is 0 Å². The molecule has 1 fully saturated rings. The van der Waals surface area contributed by atoms with Crippen LogP contribution in [0.3, 0.4) is 0 Å². The van der Waals surface area contributed by atoms with Gasteiger partial charge in [-0.25, -0.2) is 4.79 Å². The monoisotopic (exact) mass is 632 g/mol. The average molecular weight is 633 g/mol. The van der Waals surface area contributed by atoms with Crippen LogP contribution < -0.4 is 15.4 Å². The highest BCUT2D eigenvalue weighted by molar-refractivity contribution is 6.08. The van der Waals surface area contributed by atoms with Gasteiger partial charge in [-0.15, -0.1) is 0 Å². The zero-order valence-electron chi connectivity index (χ0n) is 25.6. The third-order valence-electron chi connectivity index (χ3n) is 8.19. The van der Waals surface area contributed by atoms with Crippen LogP contribution in [-0.4, -0.2) is 40.5 Å². The molecular formula is C35H35F3N4O4. The Bertz CT molecular complexity index is 1690. The van der Waals surface area contributed by atoms with Crippen LogP contribution in [-0.2, 0) is 19.8 Å². The smallest absolute Gasteiger partial charge is 0.393 e. The molecular weight excluding hydrogens is 597 g/mol. The maximum Gasteiger partial charge on any atom is 0.416 e. The highest BCUT2D eigenvalue weighted by Crippen LogP contribution is 2.32. The molecule has 3 aromatic carbocycles. The zero-order chi connectivity index (χ0) is 32.8. The van der Waals surface area contributed by atoms with Crippen molar-refractivity contribution in [1.29, 1.82) is 0 Å². The van der Waals surface area contributed by atoms with Crippen LogP contribution in [0.4, 0.5) is 23.7 Å². The number of hydrogen-bond acceptors (Lipinski definition) is 4. The number of ether oxygens (including phenoxy) is 1. The number of nitrogens with zero attached hydrogens (tertiary/aromatic N) is 2. The van der Waals surface area contributed by atoms with E-state index in [0.29, 0.717) is 22.4 Å². The molecule has 0 atom stereocenters. The van der Waals surface area contributed by atoms with Crippen LogP contribution in [0.25, 0.3) is 11.1 Å². The second kappa shape index (κ2) is 13.9. The van der Waals surface area contributed by atoms with Crippen LogP contribution in [0, 0.1) is 0 Å². The fourth-order valence-corrected chi connectivity index (χ4v) is 5.59. The maximum atomic E-state index is 13.2. The van der Waals surface area contributed by atoms with Crippen molar-refractivity contribution in [1.82, 2.24) is 14.8 Å². The van der Waals surface area contributed by atoms with Gasteiger partial charge in [0.25, 0.3) is 11.8 Å². The maximum absolute atomic E-state index is 13.2. The zero-order valence-corrected chi connectivity index (χ0v) is 25.6. The van der Waals surface area contributed by atoms with Crippen molar-refractivity contribution in [2.24, 2.45) is 7.05 Å². The number of halogens is 3. The predicted octanol–water partition coefficient (Wildman–Crippen LogP) is 7.66. The van der Waals surface area contributed by atoms with Crippen molar-refractivity contribution in [2.45, 2.75) is 50.9 Å². The van der Waals surface area contributed by atoms with Gasteiger partial charge < -0.3 is 24.8 Å². The van der Waals surface area contributed by atoms with Crippen LogP contribution in [0.5, 0.6) is 5.88 Å². The first-order valence-electron chi connectivity index (χ1n) is 15.1.